The summed E-state index contributed by atoms with van der Waals surface area (Å²) in [6.45, 7) is 6.28. The van der Waals surface area contributed by atoms with E-state index in [0.29, 0.717) is 5.56 Å². The van der Waals surface area contributed by atoms with Crippen molar-refractivity contribution < 1.29 is 0 Å². The molecule has 0 aliphatic carbocycles. The number of hydrogen-bond donors (Lipinski definition) is 0. The molecule has 3 rings (SSSR count). The molecule has 0 aliphatic rings. The van der Waals surface area contributed by atoms with Gasteiger partial charge >= 0.3 is 0 Å². The fourth-order valence-electron chi connectivity index (χ4n) is 2.57. The smallest absolute Gasteiger partial charge is 0.142 e. The minimum absolute atomic E-state index is 0.276. The zero-order chi connectivity index (χ0) is 15.0. The lowest BCUT2D eigenvalue weighted by Crippen LogP contribution is -2.03. The molecule has 0 bridgehead atoms. The molecular formula is C17H16N4. The van der Waals surface area contributed by atoms with E-state index in [-0.39, 0.29) is 6.04 Å². The zero-order valence-electron chi connectivity index (χ0n) is 12.3. The van der Waals surface area contributed by atoms with Gasteiger partial charge in [0, 0.05) is 24.0 Å². The molecule has 2 aromatic heterocycles. The summed E-state index contributed by atoms with van der Waals surface area (Å²) in [6.07, 6.45) is 3.66. The normalized spacial score (nSPS) is 11.0. The third kappa shape index (κ3) is 2.27. The topological polar surface area (TPSA) is 54.5 Å². The first kappa shape index (κ1) is 13.3. The molecule has 21 heavy (non-hydrogen) atoms. The van der Waals surface area contributed by atoms with Gasteiger partial charge in [0.05, 0.1) is 22.7 Å². The highest BCUT2D eigenvalue weighted by atomic mass is 15.1. The van der Waals surface area contributed by atoms with Crippen LogP contribution < -0.4 is 0 Å². The Hall–Kier alpha value is -2.67. The number of aryl methyl sites for hydroxylation is 1. The van der Waals surface area contributed by atoms with E-state index < -0.39 is 0 Å². The van der Waals surface area contributed by atoms with Gasteiger partial charge in [0.2, 0.25) is 0 Å². The van der Waals surface area contributed by atoms with E-state index >= 15 is 0 Å². The number of hydrogen-bond acceptors (Lipinski definition) is 3. The highest BCUT2D eigenvalue weighted by molar-refractivity contribution is 5.82. The van der Waals surface area contributed by atoms with Crippen LogP contribution in [0.3, 0.4) is 0 Å². The van der Waals surface area contributed by atoms with E-state index in [2.05, 4.69) is 35.5 Å². The van der Waals surface area contributed by atoms with Gasteiger partial charge in [-0.1, -0.05) is 0 Å². The summed E-state index contributed by atoms with van der Waals surface area (Å²) in [7, 11) is 0. The number of nitrogens with zero attached hydrogens (tertiary/aromatic N) is 4. The summed E-state index contributed by atoms with van der Waals surface area (Å²) < 4.78 is 2.19. The molecule has 4 heteroatoms. The minimum Gasteiger partial charge on any atom is -0.321 e. The first-order valence-corrected chi connectivity index (χ1v) is 6.94. The van der Waals surface area contributed by atoms with E-state index in [4.69, 9.17) is 10.2 Å². The number of fused-ring (bicyclic) bond motifs is 1. The fourth-order valence-corrected chi connectivity index (χ4v) is 2.57. The Morgan fingerprint density at radius 1 is 1.19 bits per heavy atom. The van der Waals surface area contributed by atoms with Gasteiger partial charge in [-0.2, -0.15) is 5.26 Å². The van der Waals surface area contributed by atoms with E-state index in [1.807, 2.05) is 37.5 Å². The summed E-state index contributed by atoms with van der Waals surface area (Å²) in [4.78, 5) is 8.99. The average molecular weight is 276 g/mol. The molecule has 0 spiro atoms. The second-order valence-electron chi connectivity index (χ2n) is 5.47. The number of pyridine rings is 1. The SMILES string of the molecule is Cc1cncc(-c2nc3cc(C#N)ccc3n2C(C)C)c1. The number of rotatable bonds is 2. The average Bonchev–Trinajstić information content (AvgIpc) is 2.85. The molecule has 0 unspecified atom stereocenters. The van der Waals surface area contributed by atoms with Crippen LogP contribution in [0.5, 0.6) is 0 Å². The maximum absolute atomic E-state index is 9.04. The lowest BCUT2D eigenvalue weighted by Gasteiger charge is -2.13. The summed E-state index contributed by atoms with van der Waals surface area (Å²) in [5.74, 6) is 0.895. The van der Waals surface area contributed by atoms with E-state index in [0.717, 1.165) is 28.0 Å². The monoisotopic (exact) mass is 276 g/mol. The Bertz CT molecular complexity index is 853. The largest absolute Gasteiger partial charge is 0.321 e. The van der Waals surface area contributed by atoms with Gasteiger partial charge in [-0.15, -0.1) is 0 Å². The quantitative estimate of drug-likeness (QED) is 0.714. The molecule has 0 aliphatic heterocycles. The number of imidazole rings is 1. The van der Waals surface area contributed by atoms with E-state index in [1.165, 1.54) is 0 Å². The van der Waals surface area contributed by atoms with Crippen molar-refractivity contribution in [3.8, 4) is 17.5 Å². The first-order chi connectivity index (χ1) is 10.1. The van der Waals surface area contributed by atoms with Crippen molar-refractivity contribution in [2.24, 2.45) is 0 Å². The molecule has 0 atom stereocenters. The molecule has 1 aromatic carbocycles. The van der Waals surface area contributed by atoms with Crippen LogP contribution in [0.4, 0.5) is 0 Å². The Morgan fingerprint density at radius 2 is 2.00 bits per heavy atom. The van der Waals surface area contributed by atoms with Gasteiger partial charge in [-0.25, -0.2) is 4.98 Å². The number of nitriles is 1. The Balaban J connectivity index is 2.31. The number of benzene rings is 1. The molecule has 0 radical (unpaired) electrons. The molecule has 2 heterocycles. The molecule has 3 aromatic rings. The predicted octanol–water partition coefficient (Wildman–Crippen LogP) is 3.86. The summed E-state index contributed by atoms with van der Waals surface area (Å²) in [5, 5.41) is 9.04. The van der Waals surface area contributed by atoms with Crippen LogP contribution in [-0.4, -0.2) is 14.5 Å². The molecule has 0 saturated carbocycles. The van der Waals surface area contributed by atoms with Crippen LogP contribution in [-0.2, 0) is 0 Å². The summed E-state index contributed by atoms with van der Waals surface area (Å²) >= 11 is 0. The third-order valence-corrected chi connectivity index (χ3v) is 3.47. The van der Waals surface area contributed by atoms with Crippen LogP contribution in [0.25, 0.3) is 22.4 Å². The second kappa shape index (κ2) is 5.02. The van der Waals surface area contributed by atoms with Gasteiger partial charge in [-0.05, 0) is 50.6 Å². The molecule has 0 amide bonds. The van der Waals surface area contributed by atoms with Crippen molar-refractivity contribution in [3.63, 3.8) is 0 Å². The van der Waals surface area contributed by atoms with Crippen molar-refractivity contribution in [1.29, 1.82) is 5.26 Å². The standard InChI is InChI=1S/C17H16N4/c1-11(2)21-16-5-4-13(8-18)7-15(16)20-17(21)14-6-12(3)9-19-10-14/h4-7,9-11H,1-3H3. The fraction of sp³-hybridized carbons (Fsp3) is 0.235. The Kier molecular flexibility index (Phi) is 3.19. The van der Waals surface area contributed by atoms with Crippen molar-refractivity contribution in [2.45, 2.75) is 26.8 Å². The van der Waals surface area contributed by atoms with E-state index in [1.54, 1.807) is 0 Å². The van der Waals surface area contributed by atoms with Gasteiger partial charge in [0.25, 0.3) is 0 Å². The predicted molar refractivity (Wildman–Crippen MR) is 82.8 cm³/mol. The van der Waals surface area contributed by atoms with Crippen LogP contribution in [0.1, 0.15) is 31.0 Å². The zero-order valence-corrected chi connectivity index (χ0v) is 12.3. The van der Waals surface area contributed by atoms with Crippen LogP contribution in [0, 0.1) is 18.3 Å². The molecule has 104 valence electrons. The second-order valence-corrected chi connectivity index (χ2v) is 5.47. The van der Waals surface area contributed by atoms with Crippen molar-refractivity contribution in [1.82, 2.24) is 14.5 Å². The first-order valence-electron chi connectivity index (χ1n) is 6.94. The molecular weight excluding hydrogens is 260 g/mol. The van der Waals surface area contributed by atoms with Crippen molar-refractivity contribution in [3.05, 3.63) is 47.8 Å². The summed E-state index contributed by atoms with van der Waals surface area (Å²) in [5.41, 5.74) is 4.62. The highest BCUT2D eigenvalue weighted by Gasteiger charge is 2.15. The van der Waals surface area contributed by atoms with Crippen LogP contribution in [0.15, 0.2) is 36.7 Å². The molecule has 0 fully saturated rings. The van der Waals surface area contributed by atoms with Gasteiger partial charge < -0.3 is 4.57 Å². The molecule has 4 nitrogen and oxygen atoms in total. The maximum atomic E-state index is 9.04. The van der Waals surface area contributed by atoms with E-state index in [9.17, 15) is 0 Å². The highest BCUT2D eigenvalue weighted by Crippen LogP contribution is 2.28. The van der Waals surface area contributed by atoms with Crippen molar-refractivity contribution in [2.75, 3.05) is 0 Å². The Labute approximate surface area is 123 Å². The van der Waals surface area contributed by atoms with Crippen molar-refractivity contribution >= 4 is 11.0 Å². The molecule has 0 N–H and O–H groups in total. The Morgan fingerprint density at radius 3 is 2.67 bits per heavy atom. The van der Waals surface area contributed by atoms with Crippen LogP contribution >= 0.6 is 0 Å². The maximum Gasteiger partial charge on any atom is 0.142 e. The lowest BCUT2D eigenvalue weighted by molar-refractivity contribution is 0.624. The van der Waals surface area contributed by atoms with Gasteiger partial charge in [0.15, 0.2) is 0 Å². The lowest BCUT2D eigenvalue weighted by atomic mass is 10.2. The third-order valence-electron chi connectivity index (χ3n) is 3.47. The summed E-state index contributed by atoms with van der Waals surface area (Å²) in [6, 6.07) is 10.2. The van der Waals surface area contributed by atoms with Gasteiger partial charge in [0.1, 0.15) is 5.82 Å². The number of aromatic nitrogens is 3. The van der Waals surface area contributed by atoms with Crippen LogP contribution in [0.2, 0.25) is 0 Å². The molecule has 0 saturated heterocycles. The van der Waals surface area contributed by atoms with Gasteiger partial charge in [-0.3, -0.25) is 4.98 Å². The minimum atomic E-state index is 0.276.